The summed E-state index contributed by atoms with van der Waals surface area (Å²) in [4.78, 5) is 0. The van der Waals surface area contributed by atoms with Gasteiger partial charge in [-0.15, -0.1) is 0 Å². The number of nitrogens with one attached hydrogen (secondary N) is 1. The van der Waals surface area contributed by atoms with Gasteiger partial charge < -0.3 is 10.4 Å². The lowest BCUT2D eigenvalue weighted by Gasteiger charge is -2.32. The molecule has 0 aliphatic heterocycles. The number of rotatable bonds is 5. The van der Waals surface area contributed by atoms with Gasteiger partial charge in [0.05, 0.1) is 17.5 Å². The maximum absolute atomic E-state index is 10.4. The van der Waals surface area contributed by atoms with Crippen LogP contribution < -0.4 is 5.32 Å². The molecule has 0 bridgehead atoms. The summed E-state index contributed by atoms with van der Waals surface area (Å²) in [6.07, 6.45) is 9.30. The second-order valence-electron chi connectivity index (χ2n) is 6.02. The van der Waals surface area contributed by atoms with E-state index < -0.39 is 5.60 Å². The lowest BCUT2D eigenvalue weighted by atomic mass is 9.85. The van der Waals surface area contributed by atoms with Crippen LogP contribution in [0.3, 0.4) is 0 Å². The van der Waals surface area contributed by atoms with Gasteiger partial charge in [0.15, 0.2) is 0 Å². The van der Waals surface area contributed by atoms with Gasteiger partial charge in [-0.2, -0.15) is 5.10 Å². The van der Waals surface area contributed by atoms with Crippen molar-refractivity contribution in [3.8, 4) is 5.69 Å². The van der Waals surface area contributed by atoms with Crippen LogP contribution in [0.1, 0.15) is 37.7 Å². The summed E-state index contributed by atoms with van der Waals surface area (Å²) in [6.45, 7) is 1.42. The average Bonchev–Trinajstić information content (AvgIpc) is 2.98. The van der Waals surface area contributed by atoms with Crippen LogP contribution in [-0.2, 0) is 6.54 Å². The van der Waals surface area contributed by atoms with Crippen molar-refractivity contribution in [2.75, 3.05) is 6.54 Å². The van der Waals surface area contributed by atoms with E-state index >= 15 is 0 Å². The minimum atomic E-state index is -0.506. The summed E-state index contributed by atoms with van der Waals surface area (Å²) >= 11 is 0. The van der Waals surface area contributed by atoms with Crippen LogP contribution in [0.25, 0.3) is 5.69 Å². The number of para-hydroxylation sites is 1. The van der Waals surface area contributed by atoms with E-state index in [4.69, 9.17) is 0 Å². The van der Waals surface area contributed by atoms with E-state index in [1.54, 1.807) is 0 Å². The third-order valence-corrected chi connectivity index (χ3v) is 4.22. The third-order valence-electron chi connectivity index (χ3n) is 4.22. The normalized spacial score (nSPS) is 17.8. The molecule has 1 heterocycles. The fourth-order valence-electron chi connectivity index (χ4n) is 3.00. The molecule has 4 nitrogen and oxygen atoms in total. The van der Waals surface area contributed by atoms with Gasteiger partial charge in [0.25, 0.3) is 0 Å². The van der Waals surface area contributed by atoms with Gasteiger partial charge in [-0.1, -0.05) is 37.5 Å². The summed E-state index contributed by atoms with van der Waals surface area (Å²) in [5, 5.41) is 18.2. The predicted molar refractivity (Wildman–Crippen MR) is 83.3 cm³/mol. The van der Waals surface area contributed by atoms with Gasteiger partial charge in [-0.3, -0.25) is 0 Å². The Morgan fingerprint density at radius 2 is 1.90 bits per heavy atom. The van der Waals surface area contributed by atoms with E-state index in [2.05, 4.69) is 10.4 Å². The van der Waals surface area contributed by atoms with Crippen LogP contribution >= 0.6 is 0 Å². The maximum atomic E-state index is 10.4. The predicted octanol–water partition coefficient (Wildman–Crippen LogP) is 2.66. The van der Waals surface area contributed by atoms with Gasteiger partial charge in [-0.05, 0) is 25.0 Å². The van der Waals surface area contributed by atoms with Gasteiger partial charge in [0, 0.05) is 24.8 Å². The SMILES string of the molecule is OC1(CNCc2cnn(-c3ccccc3)c2)CCCCC1. The largest absolute Gasteiger partial charge is 0.389 e. The van der Waals surface area contributed by atoms with Gasteiger partial charge >= 0.3 is 0 Å². The van der Waals surface area contributed by atoms with Crippen LogP contribution in [-0.4, -0.2) is 27.0 Å². The van der Waals surface area contributed by atoms with Crippen LogP contribution in [0.4, 0.5) is 0 Å². The van der Waals surface area contributed by atoms with E-state index in [1.165, 1.54) is 6.42 Å². The zero-order chi connectivity index (χ0) is 14.5. The number of benzene rings is 1. The first-order chi connectivity index (χ1) is 10.3. The van der Waals surface area contributed by atoms with Crippen molar-refractivity contribution in [2.45, 2.75) is 44.2 Å². The monoisotopic (exact) mass is 285 g/mol. The zero-order valence-corrected chi connectivity index (χ0v) is 12.3. The molecule has 0 unspecified atom stereocenters. The average molecular weight is 285 g/mol. The summed E-state index contributed by atoms with van der Waals surface area (Å²) in [7, 11) is 0. The standard InChI is InChI=1S/C17H23N3O/c21-17(9-5-2-6-10-17)14-18-11-15-12-19-20(13-15)16-7-3-1-4-8-16/h1,3-4,7-8,12-13,18,21H,2,5-6,9-11,14H2. The lowest BCUT2D eigenvalue weighted by Crippen LogP contribution is -2.41. The molecule has 2 aromatic rings. The second-order valence-corrected chi connectivity index (χ2v) is 6.02. The number of hydrogen-bond acceptors (Lipinski definition) is 3. The molecule has 1 aromatic heterocycles. The Labute approximate surface area is 125 Å². The van der Waals surface area contributed by atoms with Crippen molar-refractivity contribution in [3.05, 3.63) is 48.3 Å². The molecule has 1 aliphatic rings. The Bertz CT molecular complexity index is 558. The Morgan fingerprint density at radius 3 is 2.67 bits per heavy atom. The van der Waals surface area contributed by atoms with Crippen LogP contribution in [0.15, 0.2) is 42.7 Å². The van der Waals surface area contributed by atoms with E-state index in [9.17, 15) is 5.11 Å². The van der Waals surface area contributed by atoms with E-state index in [-0.39, 0.29) is 0 Å². The molecule has 0 radical (unpaired) electrons. The van der Waals surface area contributed by atoms with Crippen LogP contribution in [0.2, 0.25) is 0 Å². The van der Waals surface area contributed by atoms with Crippen molar-refractivity contribution < 1.29 is 5.11 Å². The summed E-state index contributed by atoms with van der Waals surface area (Å²) in [5.74, 6) is 0. The molecule has 21 heavy (non-hydrogen) atoms. The highest BCUT2D eigenvalue weighted by Crippen LogP contribution is 2.27. The minimum Gasteiger partial charge on any atom is -0.389 e. The fraction of sp³-hybridized carbons (Fsp3) is 0.471. The first-order valence-corrected chi connectivity index (χ1v) is 7.77. The molecule has 0 saturated heterocycles. The Balaban J connectivity index is 1.53. The Hall–Kier alpha value is -1.65. The highest BCUT2D eigenvalue weighted by atomic mass is 16.3. The Kier molecular flexibility index (Phi) is 4.36. The number of aromatic nitrogens is 2. The fourth-order valence-corrected chi connectivity index (χ4v) is 3.00. The summed E-state index contributed by atoms with van der Waals surface area (Å²) in [6, 6.07) is 10.1. The molecule has 0 spiro atoms. The first-order valence-electron chi connectivity index (χ1n) is 7.77. The number of hydrogen-bond donors (Lipinski definition) is 2. The molecule has 2 N–H and O–H groups in total. The topological polar surface area (TPSA) is 50.1 Å². The van der Waals surface area contributed by atoms with E-state index in [0.717, 1.165) is 43.5 Å². The molecule has 1 fully saturated rings. The van der Waals surface area contributed by atoms with Gasteiger partial charge in [0.2, 0.25) is 0 Å². The molecule has 3 rings (SSSR count). The van der Waals surface area contributed by atoms with Crippen molar-refractivity contribution in [1.82, 2.24) is 15.1 Å². The molecular formula is C17H23N3O. The molecule has 112 valence electrons. The Morgan fingerprint density at radius 1 is 1.14 bits per heavy atom. The molecule has 0 amide bonds. The van der Waals surface area contributed by atoms with E-state index in [1.807, 2.05) is 47.4 Å². The van der Waals surface area contributed by atoms with Crippen molar-refractivity contribution in [1.29, 1.82) is 0 Å². The molecule has 1 aliphatic carbocycles. The molecule has 1 aromatic carbocycles. The summed E-state index contributed by atoms with van der Waals surface area (Å²) in [5.41, 5.74) is 1.70. The molecule has 0 atom stereocenters. The van der Waals surface area contributed by atoms with E-state index in [0.29, 0.717) is 6.54 Å². The molecule has 4 heteroatoms. The molecular weight excluding hydrogens is 262 g/mol. The van der Waals surface area contributed by atoms with Crippen molar-refractivity contribution in [3.63, 3.8) is 0 Å². The summed E-state index contributed by atoms with van der Waals surface area (Å²) < 4.78 is 1.88. The third kappa shape index (κ3) is 3.71. The highest BCUT2D eigenvalue weighted by Gasteiger charge is 2.28. The quantitative estimate of drug-likeness (QED) is 0.888. The number of aliphatic hydroxyl groups is 1. The van der Waals surface area contributed by atoms with Gasteiger partial charge in [-0.25, -0.2) is 4.68 Å². The van der Waals surface area contributed by atoms with Crippen LogP contribution in [0, 0.1) is 0 Å². The minimum absolute atomic E-state index is 0.506. The second kappa shape index (κ2) is 6.41. The zero-order valence-electron chi connectivity index (χ0n) is 12.3. The van der Waals surface area contributed by atoms with Crippen molar-refractivity contribution in [2.24, 2.45) is 0 Å². The first kappa shape index (κ1) is 14.3. The highest BCUT2D eigenvalue weighted by molar-refractivity contribution is 5.30. The molecule has 1 saturated carbocycles. The lowest BCUT2D eigenvalue weighted by molar-refractivity contribution is 0.00467. The smallest absolute Gasteiger partial charge is 0.0771 e. The van der Waals surface area contributed by atoms with Gasteiger partial charge in [0.1, 0.15) is 0 Å². The van der Waals surface area contributed by atoms with Crippen LogP contribution in [0.5, 0.6) is 0 Å². The van der Waals surface area contributed by atoms with Crippen molar-refractivity contribution >= 4 is 0 Å². The maximum Gasteiger partial charge on any atom is 0.0771 e. The number of nitrogens with zero attached hydrogens (tertiary/aromatic N) is 2.